The Hall–Kier alpha value is -3.38. The molecule has 42 heavy (non-hydrogen) atoms. The van der Waals surface area contributed by atoms with Crippen LogP contribution in [-0.4, -0.2) is 46.8 Å². The summed E-state index contributed by atoms with van der Waals surface area (Å²) < 4.78 is 136. The van der Waals surface area contributed by atoms with Crippen molar-refractivity contribution in [1.29, 1.82) is 5.26 Å². The van der Waals surface area contributed by atoms with Gasteiger partial charge in [-0.05, 0) is 43.4 Å². The van der Waals surface area contributed by atoms with Crippen LogP contribution in [0.3, 0.4) is 0 Å². The summed E-state index contributed by atoms with van der Waals surface area (Å²) in [7, 11) is 0. The molecule has 0 saturated heterocycles. The predicted molar refractivity (Wildman–Crippen MR) is 129 cm³/mol. The van der Waals surface area contributed by atoms with Gasteiger partial charge >= 0.3 is 18.5 Å². The molecule has 230 valence electrons. The molecule has 1 saturated carbocycles. The summed E-state index contributed by atoms with van der Waals surface area (Å²) in [6.07, 6.45) is -17.3. The second-order valence-corrected chi connectivity index (χ2v) is 10.7. The zero-order valence-corrected chi connectivity index (χ0v) is 22.0. The van der Waals surface area contributed by atoms with Crippen molar-refractivity contribution in [2.24, 2.45) is 0 Å². The molecule has 0 radical (unpaired) electrons. The van der Waals surface area contributed by atoms with Crippen LogP contribution in [0.25, 0.3) is 11.1 Å². The van der Waals surface area contributed by atoms with Crippen molar-refractivity contribution in [3.05, 3.63) is 59.7 Å². The largest absolute Gasteiger partial charge is 0.430 e. The van der Waals surface area contributed by atoms with Crippen molar-refractivity contribution in [2.75, 3.05) is 0 Å². The minimum absolute atomic E-state index is 0.0242. The van der Waals surface area contributed by atoms with Crippen LogP contribution >= 0.6 is 0 Å². The third-order valence-corrected chi connectivity index (χ3v) is 6.73. The van der Waals surface area contributed by atoms with Gasteiger partial charge in [0.15, 0.2) is 0 Å². The van der Waals surface area contributed by atoms with Crippen molar-refractivity contribution in [2.45, 2.75) is 80.5 Å². The van der Waals surface area contributed by atoms with Crippen molar-refractivity contribution in [1.82, 2.24) is 10.6 Å². The number of hydrogen-bond donors (Lipinski definition) is 3. The summed E-state index contributed by atoms with van der Waals surface area (Å²) in [6.45, 7) is 2.14. The fourth-order valence-corrected chi connectivity index (χ4v) is 4.27. The Morgan fingerprint density at radius 3 is 1.69 bits per heavy atom. The molecule has 0 bridgehead atoms. The van der Waals surface area contributed by atoms with E-state index in [4.69, 9.17) is 0 Å². The van der Waals surface area contributed by atoms with Crippen LogP contribution in [-0.2, 0) is 10.4 Å². The number of nitrogens with zero attached hydrogens (tertiary/aromatic N) is 1. The van der Waals surface area contributed by atoms with E-state index in [0.29, 0.717) is 12.1 Å². The number of rotatable bonds is 9. The molecule has 5 nitrogen and oxygen atoms in total. The number of amides is 1. The lowest BCUT2D eigenvalue weighted by molar-refractivity contribution is -0.376. The topological polar surface area (TPSA) is 85.2 Å². The lowest BCUT2D eigenvalue weighted by Gasteiger charge is -2.32. The predicted octanol–water partition coefficient (Wildman–Crippen LogP) is 6.54. The molecule has 3 rings (SSSR count). The first-order valence-electron chi connectivity index (χ1n) is 12.3. The molecule has 15 heteroatoms. The highest BCUT2D eigenvalue weighted by atomic mass is 19.4. The van der Waals surface area contributed by atoms with Gasteiger partial charge in [-0.2, -0.15) is 44.8 Å². The minimum Gasteiger partial charge on any atom is -0.369 e. The van der Waals surface area contributed by atoms with Gasteiger partial charge in [-0.1, -0.05) is 48.5 Å². The summed E-state index contributed by atoms with van der Waals surface area (Å²) in [5.41, 5.74) is -10.2. The quantitative estimate of drug-likeness (QED) is 0.281. The molecule has 2 atom stereocenters. The van der Waals surface area contributed by atoms with Crippen molar-refractivity contribution < 1.29 is 53.8 Å². The van der Waals surface area contributed by atoms with Crippen LogP contribution < -0.4 is 10.6 Å². The number of alkyl halides is 10. The highest BCUT2D eigenvalue weighted by Gasteiger charge is 2.71. The second-order valence-electron chi connectivity index (χ2n) is 10.7. The molecule has 1 fully saturated rings. The maximum atomic E-state index is 14.4. The average molecular weight is 613 g/mol. The van der Waals surface area contributed by atoms with Crippen LogP contribution in [0.5, 0.6) is 0 Å². The van der Waals surface area contributed by atoms with E-state index in [9.17, 15) is 59.1 Å². The minimum atomic E-state index is -6.09. The van der Waals surface area contributed by atoms with E-state index in [1.165, 1.54) is 0 Å². The molecule has 2 aromatic rings. The highest BCUT2D eigenvalue weighted by molar-refractivity contribution is 5.83. The van der Waals surface area contributed by atoms with E-state index in [0.717, 1.165) is 50.2 Å². The molecule has 3 N–H and O–H groups in total. The summed E-state index contributed by atoms with van der Waals surface area (Å²) in [6, 6.07) is 4.34. The van der Waals surface area contributed by atoms with Gasteiger partial charge in [0.1, 0.15) is 17.2 Å². The van der Waals surface area contributed by atoms with E-state index in [1.807, 2.05) is 6.07 Å². The lowest BCUT2D eigenvalue weighted by Crippen LogP contribution is -2.53. The Bertz CT molecular complexity index is 1290. The Morgan fingerprint density at radius 2 is 1.33 bits per heavy atom. The molecule has 0 aromatic heterocycles. The number of carbonyl (C=O) groups is 1. The Balaban J connectivity index is 1.89. The molecule has 2 aromatic carbocycles. The summed E-state index contributed by atoms with van der Waals surface area (Å²) >= 11 is 0. The summed E-state index contributed by atoms with van der Waals surface area (Å²) in [5.74, 6) is -0.997. The van der Waals surface area contributed by atoms with Gasteiger partial charge in [0, 0.05) is 12.0 Å². The van der Waals surface area contributed by atoms with E-state index in [-0.39, 0.29) is 24.0 Å². The van der Waals surface area contributed by atoms with Crippen LogP contribution in [0, 0.1) is 11.3 Å². The average Bonchev–Trinajstić information content (AvgIpc) is 3.63. The van der Waals surface area contributed by atoms with Crippen molar-refractivity contribution in [3.8, 4) is 17.2 Å². The number of nitrogens with one attached hydrogen (secondary N) is 2. The maximum absolute atomic E-state index is 14.4. The third kappa shape index (κ3) is 7.15. The molecule has 1 unspecified atom stereocenters. The van der Waals surface area contributed by atoms with Crippen LogP contribution in [0.15, 0.2) is 48.5 Å². The molecule has 0 spiro atoms. The van der Waals surface area contributed by atoms with E-state index in [2.05, 4.69) is 10.6 Å². The van der Waals surface area contributed by atoms with E-state index < -0.39 is 70.9 Å². The van der Waals surface area contributed by atoms with Crippen LogP contribution in [0.4, 0.5) is 43.9 Å². The molecule has 1 amide bonds. The number of benzene rings is 2. The molecule has 0 heterocycles. The van der Waals surface area contributed by atoms with E-state index >= 15 is 0 Å². The van der Waals surface area contributed by atoms with Crippen molar-refractivity contribution >= 4 is 5.91 Å². The Kier molecular flexibility index (Phi) is 8.70. The lowest BCUT2D eigenvalue weighted by atomic mass is 9.90. The number of nitriles is 1. The number of hydrogen-bond acceptors (Lipinski definition) is 4. The van der Waals surface area contributed by atoms with Crippen molar-refractivity contribution in [3.63, 3.8) is 0 Å². The first-order chi connectivity index (χ1) is 19.0. The fraction of sp³-hybridized carbons (Fsp3) is 0.481. The first-order valence-corrected chi connectivity index (χ1v) is 12.3. The molecule has 1 aliphatic carbocycles. The molecular formula is C27H25F10N3O2. The molecule has 0 aliphatic heterocycles. The number of carbonyl (C=O) groups excluding carboxylic acids is 1. The first kappa shape index (κ1) is 33.1. The van der Waals surface area contributed by atoms with Gasteiger partial charge in [0.2, 0.25) is 5.91 Å². The summed E-state index contributed by atoms with van der Waals surface area (Å²) in [4.78, 5) is 12.8. The third-order valence-electron chi connectivity index (χ3n) is 6.73. The highest BCUT2D eigenvalue weighted by Crippen LogP contribution is 2.50. The van der Waals surface area contributed by atoms with Gasteiger partial charge in [0.05, 0.1) is 12.1 Å². The smallest absolute Gasteiger partial charge is 0.369 e. The normalized spacial score (nSPS) is 17.2. The number of halogens is 10. The van der Waals surface area contributed by atoms with E-state index in [1.54, 1.807) is 0 Å². The standard InChI is InChI=1S/C27H25F10N3O2/c1-22(2,28)13-19(21(41)40-23(14-38)11-12-23)39-20(25(29,30)31)17-5-3-15(4-6-17)16-7-9-18(10-8-16)24(42,26(32,33)34)27(35,36)37/h3-10,19-20,39,42H,11-13H2,1-2H3,(H,40,41)/t19-,20?/m0/s1. The molecular weight excluding hydrogens is 588 g/mol. The zero-order valence-electron chi connectivity index (χ0n) is 22.0. The summed E-state index contributed by atoms with van der Waals surface area (Å²) in [5, 5.41) is 23.2. The number of aliphatic hydroxyl groups is 1. The SMILES string of the molecule is CC(C)(F)C[C@H](NC(c1ccc(-c2ccc(C(O)(C(F)(F)F)C(F)(F)F)cc2)cc1)C(F)(F)F)C(=O)NC1(C#N)CC1. The Labute approximate surface area is 233 Å². The van der Waals surface area contributed by atoms with Gasteiger partial charge in [0.25, 0.3) is 5.60 Å². The second kappa shape index (κ2) is 11.0. The van der Waals surface area contributed by atoms with Gasteiger partial charge < -0.3 is 10.4 Å². The van der Waals surface area contributed by atoms with Gasteiger partial charge in [-0.3, -0.25) is 10.1 Å². The van der Waals surface area contributed by atoms with Crippen LogP contribution in [0.1, 0.15) is 50.3 Å². The van der Waals surface area contributed by atoms with Gasteiger partial charge in [-0.15, -0.1) is 0 Å². The maximum Gasteiger partial charge on any atom is 0.430 e. The molecule has 1 aliphatic rings. The zero-order chi connectivity index (χ0) is 31.9. The monoisotopic (exact) mass is 613 g/mol. The fourth-order valence-electron chi connectivity index (χ4n) is 4.27. The van der Waals surface area contributed by atoms with Crippen LogP contribution in [0.2, 0.25) is 0 Å². The Morgan fingerprint density at radius 1 is 0.881 bits per heavy atom. The van der Waals surface area contributed by atoms with Gasteiger partial charge in [-0.25, -0.2) is 4.39 Å².